The molecule has 1 amide bonds. The average molecular weight is 394 g/mol. The van der Waals surface area contributed by atoms with Gasteiger partial charge in [-0.3, -0.25) is 14.1 Å². The van der Waals surface area contributed by atoms with Crippen molar-refractivity contribution in [1.82, 2.24) is 19.6 Å². The van der Waals surface area contributed by atoms with Crippen LogP contribution in [0.4, 0.5) is 5.82 Å². The minimum atomic E-state index is -0.196. The number of aromatic nitrogens is 2. The third kappa shape index (κ3) is 3.90. The van der Waals surface area contributed by atoms with Crippen LogP contribution in [0.5, 0.6) is 0 Å². The van der Waals surface area contributed by atoms with E-state index in [1.807, 2.05) is 0 Å². The van der Waals surface area contributed by atoms with Crippen molar-refractivity contribution in [3.63, 3.8) is 0 Å². The van der Waals surface area contributed by atoms with Crippen LogP contribution in [0.3, 0.4) is 0 Å². The Morgan fingerprint density at radius 1 is 1.41 bits per heavy atom. The molecule has 0 aliphatic carbocycles. The molecule has 1 aliphatic heterocycles. The van der Waals surface area contributed by atoms with E-state index >= 15 is 0 Å². The van der Waals surface area contributed by atoms with E-state index in [2.05, 4.69) is 29.0 Å². The molecule has 0 aromatic carbocycles. The van der Waals surface area contributed by atoms with Gasteiger partial charge in [-0.1, -0.05) is 11.6 Å². The van der Waals surface area contributed by atoms with Gasteiger partial charge in [0.05, 0.1) is 17.3 Å². The van der Waals surface area contributed by atoms with Gasteiger partial charge in [0.1, 0.15) is 17.2 Å². The second kappa shape index (κ2) is 7.66. The van der Waals surface area contributed by atoms with Crippen LogP contribution >= 0.6 is 11.6 Å². The zero-order valence-electron chi connectivity index (χ0n) is 16.1. The number of anilines is 1. The molecule has 0 atom stereocenters. The number of hydrogen-bond donors (Lipinski definition) is 3. The Morgan fingerprint density at radius 3 is 2.70 bits per heavy atom. The number of rotatable bonds is 5. The summed E-state index contributed by atoms with van der Waals surface area (Å²) >= 11 is 6.11. The van der Waals surface area contributed by atoms with E-state index in [-0.39, 0.29) is 18.1 Å². The zero-order chi connectivity index (χ0) is 19.8. The first-order valence-corrected chi connectivity index (χ1v) is 9.69. The number of fused-ring (bicyclic) bond motifs is 1. The number of halogens is 1. The molecular weight excluding hydrogens is 366 g/mol. The van der Waals surface area contributed by atoms with Crippen LogP contribution < -0.4 is 11.1 Å². The highest BCUT2D eigenvalue weighted by molar-refractivity contribution is 6.32. The maximum absolute atomic E-state index is 12.8. The number of pyridine rings is 1. The van der Waals surface area contributed by atoms with Gasteiger partial charge in [-0.2, -0.15) is 0 Å². The van der Waals surface area contributed by atoms with Crippen molar-refractivity contribution in [3.05, 3.63) is 28.5 Å². The van der Waals surface area contributed by atoms with Crippen molar-refractivity contribution in [2.45, 2.75) is 39.2 Å². The van der Waals surface area contributed by atoms with Gasteiger partial charge in [0.25, 0.3) is 5.91 Å². The van der Waals surface area contributed by atoms with Crippen molar-refractivity contribution >= 4 is 29.0 Å². The van der Waals surface area contributed by atoms with Gasteiger partial charge >= 0.3 is 0 Å². The van der Waals surface area contributed by atoms with Crippen LogP contribution in [0.25, 0.3) is 5.65 Å². The largest absolute Gasteiger partial charge is 0.394 e. The molecule has 1 aliphatic rings. The Labute approximate surface area is 164 Å². The highest BCUT2D eigenvalue weighted by Gasteiger charge is 2.30. The molecule has 0 spiro atoms. The van der Waals surface area contributed by atoms with Crippen LogP contribution in [-0.2, 0) is 0 Å². The summed E-state index contributed by atoms with van der Waals surface area (Å²) in [6, 6.07) is 3.43. The van der Waals surface area contributed by atoms with Crippen molar-refractivity contribution in [2.24, 2.45) is 5.92 Å². The summed E-state index contributed by atoms with van der Waals surface area (Å²) in [5.41, 5.74) is 7.54. The number of hydrogen-bond acceptors (Lipinski definition) is 5. The first-order chi connectivity index (χ1) is 12.7. The Balaban J connectivity index is 1.65. The lowest BCUT2D eigenvalue weighted by Gasteiger charge is -2.42. The first kappa shape index (κ1) is 19.9. The van der Waals surface area contributed by atoms with E-state index in [4.69, 9.17) is 17.3 Å². The smallest absolute Gasteiger partial charge is 0.270 e. The lowest BCUT2D eigenvalue weighted by Crippen LogP contribution is -2.51. The predicted molar refractivity (Wildman–Crippen MR) is 107 cm³/mol. The molecule has 148 valence electrons. The SMILES string of the molecule is Cc1nc2ccc(Cl)c(N)n2c1C(=O)NCC1CCN(C(C)(C)CO)CC1. The molecule has 0 radical (unpaired) electrons. The van der Waals surface area contributed by atoms with Gasteiger partial charge in [-0.25, -0.2) is 4.98 Å². The molecule has 8 heteroatoms. The third-order valence-electron chi connectivity index (χ3n) is 5.57. The van der Waals surface area contributed by atoms with Gasteiger partial charge in [0.2, 0.25) is 0 Å². The predicted octanol–water partition coefficient (Wildman–Crippen LogP) is 2.09. The number of carbonyl (C=O) groups is 1. The number of aryl methyl sites for hydroxylation is 1. The fourth-order valence-electron chi connectivity index (χ4n) is 3.68. The van der Waals surface area contributed by atoms with Crippen molar-refractivity contribution in [3.8, 4) is 0 Å². The third-order valence-corrected chi connectivity index (χ3v) is 5.89. The number of nitrogen functional groups attached to an aromatic ring is 1. The maximum atomic E-state index is 12.8. The van der Waals surface area contributed by atoms with Crippen LogP contribution in [0.15, 0.2) is 12.1 Å². The van der Waals surface area contributed by atoms with E-state index in [0.29, 0.717) is 40.3 Å². The Kier molecular flexibility index (Phi) is 5.65. The van der Waals surface area contributed by atoms with Gasteiger partial charge in [-0.05, 0) is 64.8 Å². The standard InChI is InChI=1S/C19H28ClN5O2/c1-12-16(25-15(23-12)5-4-14(20)17(25)21)18(27)22-10-13-6-8-24(9-7-13)19(2,3)11-26/h4-5,13,26H,6-11,21H2,1-3H3,(H,22,27). The molecule has 3 heterocycles. The number of nitrogens with one attached hydrogen (secondary N) is 1. The van der Waals surface area contributed by atoms with E-state index in [9.17, 15) is 9.90 Å². The molecule has 0 unspecified atom stereocenters. The second-order valence-electron chi connectivity index (χ2n) is 7.92. The van der Waals surface area contributed by atoms with Crippen LogP contribution in [0, 0.1) is 12.8 Å². The van der Waals surface area contributed by atoms with Gasteiger partial charge < -0.3 is 16.2 Å². The molecule has 4 N–H and O–H groups in total. The molecule has 2 aromatic heterocycles. The monoisotopic (exact) mass is 393 g/mol. The highest BCUT2D eigenvalue weighted by Crippen LogP contribution is 2.25. The first-order valence-electron chi connectivity index (χ1n) is 9.31. The van der Waals surface area contributed by atoms with E-state index in [0.717, 1.165) is 25.9 Å². The normalized spacial score (nSPS) is 16.8. The molecule has 0 bridgehead atoms. The lowest BCUT2D eigenvalue weighted by molar-refractivity contribution is 0.0298. The Hall–Kier alpha value is -1.83. The number of likely N-dealkylation sites (tertiary alicyclic amines) is 1. The number of nitrogens with two attached hydrogens (primary N) is 1. The van der Waals surface area contributed by atoms with Crippen molar-refractivity contribution in [1.29, 1.82) is 0 Å². The molecule has 1 fully saturated rings. The number of nitrogens with zero attached hydrogens (tertiary/aromatic N) is 3. The fourth-order valence-corrected chi connectivity index (χ4v) is 3.82. The fraction of sp³-hybridized carbons (Fsp3) is 0.579. The number of imidazole rings is 1. The summed E-state index contributed by atoms with van der Waals surface area (Å²) in [5.74, 6) is 0.548. The van der Waals surface area contributed by atoms with E-state index in [1.165, 1.54) is 0 Å². The Morgan fingerprint density at radius 2 is 2.07 bits per heavy atom. The molecule has 0 saturated carbocycles. The van der Waals surface area contributed by atoms with E-state index < -0.39 is 0 Å². The number of carbonyl (C=O) groups excluding carboxylic acids is 1. The summed E-state index contributed by atoms with van der Waals surface area (Å²) < 4.78 is 1.61. The van der Waals surface area contributed by atoms with Gasteiger partial charge in [0.15, 0.2) is 0 Å². The van der Waals surface area contributed by atoms with Gasteiger partial charge in [0, 0.05) is 12.1 Å². The second-order valence-corrected chi connectivity index (χ2v) is 8.32. The zero-order valence-corrected chi connectivity index (χ0v) is 16.9. The van der Waals surface area contributed by atoms with Crippen molar-refractivity contribution < 1.29 is 9.90 Å². The summed E-state index contributed by atoms with van der Waals surface area (Å²) in [6.45, 7) is 8.50. The van der Waals surface area contributed by atoms with Crippen molar-refractivity contribution in [2.75, 3.05) is 32.0 Å². The number of amides is 1. The summed E-state index contributed by atoms with van der Waals surface area (Å²) in [5, 5.41) is 13.0. The number of aliphatic hydroxyl groups is 1. The number of piperidine rings is 1. The lowest BCUT2D eigenvalue weighted by atomic mass is 9.92. The summed E-state index contributed by atoms with van der Waals surface area (Å²) in [7, 11) is 0. The minimum absolute atomic E-state index is 0.145. The highest BCUT2D eigenvalue weighted by atomic mass is 35.5. The average Bonchev–Trinajstić information content (AvgIpc) is 3.00. The molecule has 27 heavy (non-hydrogen) atoms. The number of aliphatic hydroxyl groups excluding tert-OH is 1. The minimum Gasteiger partial charge on any atom is -0.394 e. The topological polar surface area (TPSA) is 95.9 Å². The summed E-state index contributed by atoms with van der Waals surface area (Å²) in [4.78, 5) is 19.5. The molecule has 3 rings (SSSR count). The summed E-state index contributed by atoms with van der Waals surface area (Å²) in [6.07, 6.45) is 1.98. The molecule has 7 nitrogen and oxygen atoms in total. The quantitative estimate of drug-likeness (QED) is 0.722. The Bertz CT molecular complexity index is 840. The van der Waals surface area contributed by atoms with Gasteiger partial charge in [-0.15, -0.1) is 0 Å². The molecule has 1 saturated heterocycles. The van der Waals surface area contributed by atoms with E-state index in [1.54, 1.807) is 23.5 Å². The molecular formula is C19H28ClN5O2. The van der Waals surface area contributed by atoms with Crippen LogP contribution in [0.1, 0.15) is 42.9 Å². The maximum Gasteiger partial charge on any atom is 0.270 e. The molecule has 2 aromatic rings. The van der Waals surface area contributed by atoms with Crippen LogP contribution in [-0.4, -0.2) is 57.1 Å². The van der Waals surface area contributed by atoms with Crippen LogP contribution in [0.2, 0.25) is 5.02 Å².